The summed E-state index contributed by atoms with van der Waals surface area (Å²) in [4.78, 5) is 29.8. The van der Waals surface area contributed by atoms with Crippen LogP contribution < -0.4 is 11.1 Å². The number of fused-ring (bicyclic) bond motifs is 1. The van der Waals surface area contributed by atoms with Gasteiger partial charge in [0.15, 0.2) is 0 Å². The van der Waals surface area contributed by atoms with Gasteiger partial charge < -0.3 is 16.0 Å². The highest BCUT2D eigenvalue weighted by molar-refractivity contribution is 6.00. The molecule has 0 atom stereocenters. The summed E-state index contributed by atoms with van der Waals surface area (Å²) in [5, 5.41) is 10.5. The van der Waals surface area contributed by atoms with Crippen molar-refractivity contribution in [1.82, 2.24) is 20.1 Å². The van der Waals surface area contributed by atoms with E-state index in [-0.39, 0.29) is 22.6 Å². The average Bonchev–Trinajstić information content (AvgIpc) is 3.54. The molecule has 4 aromatic rings. The normalized spacial score (nSPS) is 12.9. The highest BCUT2D eigenvalue weighted by atomic mass is 19.4. The summed E-state index contributed by atoms with van der Waals surface area (Å²) in [5.74, 6) is 0.354. The first-order valence-electron chi connectivity index (χ1n) is 12.6. The smallest absolute Gasteiger partial charge is 0.366 e. The Morgan fingerprint density at radius 1 is 1.07 bits per heavy atom. The fourth-order valence-electron chi connectivity index (χ4n) is 4.93. The molecule has 2 aromatic heterocycles. The minimum atomic E-state index is -4.65. The van der Waals surface area contributed by atoms with Gasteiger partial charge in [0, 0.05) is 43.4 Å². The Hall–Kier alpha value is -4.67. The maximum atomic E-state index is 13.8. The highest BCUT2D eigenvalue weighted by Crippen LogP contribution is 2.39. The van der Waals surface area contributed by atoms with Crippen LogP contribution in [0.1, 0.15) is 50.8 Å². The predicted octanol–water partition coefficient (Wildman–Crippen LogP) is 5.29. The number of nitrogens with two attached hydrogens (primary N) is 1. The van der Waals surface area contributed by atoms with Gasteiger partial charge in [-0.2, -0.15) is 18.3 Å². The van der Waals surface area contributed by atoms with Crippen LogP contribution >= 0.6 is 0 Å². The number of halogens is 3. The number of nitrogens with one attached hydrogen (secondary N) is 2. The van der Waals surface area contributed by atoms with E-state index in [0.717, 1.165) is 34.0 Å². The second-order valence-corrected chi connectivity index (χ2v) is 9.84. The third-order valence-corrected chi connectivity index (χ3v) is 7.07. The molecule has 8 nitrogen and oxygen atoms in total. The van der Waals surface area contributed by atoms with Crippen molar-refractivity contribution >= 4 is 23.5 Å². The van der Waals surface area contributed by atoms with Crippen molar-refractivity contribution < 1.29 is 22.8 Å². The van der Waals surface area contributed by atoms with Crippen LogP contribution in [0.2, 0.25) is 0 Å². The molecule has 0 bridgehead atoms. The third kappa shape index (κ3) is 5.54. The number of hydrogen-bond donors (Lipinski definition) is 3. The summed E-state index contributed by atoms with van der Waals surface area (Å²) in [6, 6.07) is 12.2. The Kier molecular flexibility index (Phi) is 7.05. The van der Waals surface area contributed by atoms with Gasteiger partial charge in [0.2, 0.25) is 11.8 Å². The van der Waals surface area contributed by atoms with Crippen LogP contribution in [0, 0.1) is 6.92 Å². The number of hydrogen-bond acceptors (Lipinski definition) is 5. The molecular formula is C29H27F3N6O2. The largest absolute Gasteiger partial charge is 0.417 e. The van der Waals surface area contributed by atoms with Crippen LogP contribution in [0.5, 0.6) is 0 Å². The van der Waals surface area contributed by atoms with Crippen molar-refractivity contribution in [1.29, 1.82) is 0 Å². The monoisotopic (exact) mass is 548 g/mol. The number of primary amides is 1. The van der Waals surface area contributed by atoms with Crippen molar-refractivity contribution in [2.75, 3.05) is 5.32 Å². The molecular weight excluding hydrogens is 521 g/mol. The van der Waals surface area contributed by atoms with Gasteiger partial charge in [0.05, 0.1) is 11.3 Å². The van der Waals surface area contributed by atoms with Crippen molar-refractivity contribution in [2.45, 2.75) is 46.0 Å². The van der Waals surface area contributed by atoms with Crippen LogP contribution in [0.4, 0.5) is 24.8 Å². The molecule has 4 N–H and O–H groups in total. The second-order valence-electron chi connectivity index (χ2n) is 9.84. The van der Waals surface area contributed by atoms with E-state index in [2.05, 4.69) is 20.5 Å². The first-order chi connectivity index (χ1) is 19.0. The molecule has 206 valence electrons. The summed E-state index contributed by atoms with van der Waals surface area (Å²) in [6.45, 7) is 4.53. The second kappa shape index (κ2) is 10.5. The number of amides is 2. The zero-order valence-corrected chi connectivity index (χ0v) is 21.9. The molecule has 0 saturated carbocycles. The maximum Gasteiger partial charge on any atom is 0.417 e. The van der Waals surface area contributed by atoms with Crippen LogP contribution in [-0.2, 0) is 36.9 Å². The minimum absolute atomic E-state index is 0.0163. The van der Waals surface area contributed by atoms with E-state index in [9.17, 15) is 22.8 Å². The van der Waals surface area contributed by atoms with Gasteiger partial charge in [0.1, 0.15) is 11.6 Å². The number of H-pyrrole nitrogens is 1. The molecule has 2 aromatic carbocycles. The number of alkyl halides is 3. The summed E-state index contributed by atoms with van der Waals surface area (Å²) in [6.07, 6.45) is -1.85. The summed E-state index contributed by atoms with van der Waals surface area (Å²) >= 11 is 0. The molecule has 11 heteroatoms. The summed E-state index contributed by atoms with van der Waals surface area (Å²) < 4.78 is 41.4. The number of aromatic amines is 1. The zero-order chi connectivity index (χ0) is 28.6. The molecule has 5 rings (SSSR count). The van der Waals surface area contributed by atoms with E-state index < -0.39 is 17.6 Å². The Bertz CT molecular complexity index is 1610. The van der Waals surface area contributed by atoms with E-state index in [1.807, 2.05) is 19.1 Å². The molecule has 0 aliphatic carbocycles. The number of carbonyl (C=O) groups is 2. The number of rotatable bonds is 7. The lowest BCUT2D eigenvalue weighted by Gasteiger charge is -2.17. The first-order valence-corrected chi connectivity index (χ1v) is 12.6. The van der Waals surface area contributed by atoms with E-state index >= 15 is 0 Å². The van der Waals surface area contributed by atoms with Gasteiger partial charge in [-0.05, 0) is 65.8 Å². The van der Waals surface area contributed by atoms with Gasteiger partial charge >= 0.3 is 6.18 Å². The third-order valence-electron chi connectivity index (χ3n) is 7.07. The Balaban J connectivity index is 1.32. The fourth-order valence-corrected chi connectivity index (χ4v) is 4.93. The number of benzene rings is 2. The predicted molar refractivity (Wildman–Crippen MR) is 144 cm³/mol. The van der Waals surface area contributed by atoms with Gasteiger partial charge in [-0.3, -0.25) is 14.7 Å². The van der Waals surface area contributed by atoms with Crippen LogP contribution in [0.25, 0.3) is 11.1 Å². The van der Waals surface area contributed by atoms with Crippen LogP contribution in [0.15, 0.2) is 54.7 Å². The first kappa shape index (κ1) is 26.9. The molecule has 0 fully saturated rings. The van der Waals surface area contributed by atoms with Crippen molar-refractivity contribution in [2.24, 2.45) is 5.73 Å². The number of aryl methyl sites for hydroxylation is 3. The zero-order valence-electron chi connectivity index (χ0n) is 21.9. The quantitative estimate of drug-likeness (QED) is 0.290. The van der Waals surface area contributed by atoms with Crippen LogP contribution in [0.3, 0.4) is 0 Å². The standard InChI is InChI=1S/C29H27F3N6O2/c1-16-6-7-19(27-23(28(33)40)4-3-5-24(27)29(30,31)32)10-18(16)8-9-22-12-26(37-36-22)35-25-11-20-14-38(17(2)39)15-21(20)13-34-25/h3-7,10-13H,8-9,14-15H2,1-2H3,(H2,33,40)(H2,34,35,36,37). The molecule has 3 heterocycles. The SMILES string of the molecule is CC(=O)N1Cc2cnc(Nc3cc(CCc4cc(-c5c(C(N)=O)cccc5C(F)(F)F)ccc4C)n[nH]3)cc2C1. The van der Waals surface area contributed by atoms with Crippen molar-refractivity contribution in [3.8, 4) is 11.1 Å². The number of aromatic nitrogens is 3. The topological polar surface area (TPSA) is 117 Å². The lowest BCUT2D eigenvalue weighted by atomic mass is 9.90. The van der Waals surface area contributed by atoms with E-state index in [0.29, 0.717) is 37.6 Å². The molecule has 0 spiro atoms. The average molecular weight is 549 g/mol. The van der Waals surface area contributed by atoms with Crippen molar-refractivity contribution in [3.05, 3.63) is 93.8 Å². The number of anilines is 2. The molecule has 1 aliphatic rings. The lowest BCUT2D eigenvalue weighted by molar-refractivity contribution is -0.137. The molecule has 2 amide bonds. The maximum absolute atomic E-state index is 13.8. The van der Waals surface area contributed by atoms with E-state index in [4.69, 9.17) is 5.73 Å². The Labute approximate surface area is 228 Å². The minimum Gasteiger partial charge on any atom is -0.366 e. The molecule has 0 unspecified atom stereocenters. The lowest BCUT2D eigenvalue weighted by Crippen LogP contribution is -2.21. The van der Waals surface area contributed by atoms with Crippen LogP contribution in [-0.4, -0.2) is 31.9 Å². The van der Waals surface area contributed by atoms with E-state index in [1.165, 1.54) is 12.1 Å². The summed E-state index contributed by atoms with van der Waals surface area (Å²) in [5.41, 5.74) is 8.94. The molecule has 40 heavy (non-hydrogen) atoms. The summed E-state index contributed by atoms with van der Waals surface area (Å²) in [7, 11) is 0. The van der Waals surface area contributed by atoms with Crippen molar-refractivity contribution in [3.63, 3.8) is 0 Å². The number of pyridine rings is 1. The van der Waals surface area contributed by atoms with E-state index in [1.54, 1.807) is 36.2 Å². The Morgan fingerprint density at radius 2 is 1.85 bits per heavy atom. The molecule has 1 aliphatic heterocycles. The van der Waals surface area contributed by atoms with Gasteiger partial charge in [-0.1, -0.05) is 24.3 Å². The Morgan fingerprint density at radius 3 is 2.58 bits per heavy atom. The van der Waals surface area contributed by atoms with Gasteiger partial charge in [-0.25, -0.2) is 4.98 Å². The molecule has 0 saturated heterocycles. The van der Waals surface area contributed by atoms with Gasteiger partial charge in [0.25, 0.3) is 0 Å². The highest BCUT2D eigenvalue weighted by Gasteiger charge is 2.35. The molecule has 0 radical (unpaired) electrons. The fraction of sp³-hybridized carbons (Fsp3) is 0.241. The number of nitrogens with zero attached hydrogens (tertiary/aromatic N) is 3. The number of carbonyl (C=O) groups excluding carboxylic acids is 2. The van der Waals surface area contributed by atoms with Gasteiger partial charge in [-0.15, -0.1) is 0 Å².